The van der Waals surface area contributed by atoms with E-state index in [9.17, 15) is 5.11 Å². The molecule has 0 spiro atoms. The van der Waals surface area contributed by atoms with Crippen LogP contribution < -0.4 is 0 Å². The highest BCUT2D eigenvalue weighted by molar-refractivity contribution is 5.39. The Balaban J connectivity index is 3.20. The lowest BCUT2D eigenvalue weighted by Gasteiger charge is -2.20. The van der Waals surface area contributed by atoms with Crippen LogP contribution in [0.15, 0.2) is 12.1 Å². The Hall–Kier alpha value is -0.820. The van der Waals surface area contributed by atoms with E-state index in [0.29, 0.717) is 0 Å². The molecule has 1 rings (SSSR count). The van der Waals surface area contributed by atoms with Gasteiger partial charge in [-0.2, -0.15) is 0 Å². The molecule has 0 aliphatic heterocycles. The average molecular weight is 192 g/mol. The maximum absolute atomic E-state index is 10.1. The van der Waals surface area contributed by atoms with Gasteiger partial charge in [-0.25, -0.2) is 0 Å². The van der Waals surface area contributed by atoms with Crippen molar-refractivity contribution in [3.05, 3.63) is 34.4 Å². The van der Waals surface area contributed by atoms with Crippen molar-refractivity contribution in [2.75, 3.05) is 0 Å². The van der Waals surface area contributed by atoms with Gasteiger partial charge in [0, 0.05) is 0 Å². The molecule has 1 N–H and O–H groups in total. The highest BCUT2D eigenvalue weighted by Crippen LogP contribution is 2.28. The lowest BCUT2D eigenvalue weighted by molar-refractivity contribution is 0.125. The first-order valence-electron chi connectivity index (χ1n) is 5.19. The molecular weight excluding hydrogens is 172 g/mol. The van der Waals surface area contributed by atoms with Gasteiger partial charge in [-0.15, -0.1) is 0 Å². The summed E-state index contributed by atoms with van der Waals surface area (Å²) in [5, 5.41) is 10.1. The molecule has 0 radical (unpaired) electrons. The number of aliphatic hydroxyl groups excluding tert-OH is 1. The van der Waals surface area contributed by atoms with Gasteiger partial charge in [-0.1, -0.05) is 31.5 Å². The summed E-state index contributed by atoms with van der Waals surface area (Å²) >= 11 is 0. The van der Waals surface area contributed by atoms with E-state index in [0.717, 1.165) is 5.56 Å². The second-order valence-corrected chi connectivity index (χ2v) is 4.50. The van der Waals surface area contributed by atoms with Crippen LogP contribution in [-0.4, -0.2) is 5.11 Å². The highest BCUT2D eigenvalue weighted by atomic mass is 16.3. The molecule has 0 bridgehead atoms. The van der Waals surface area contributed by atoms with E-state index in [1.54, 1.807) is 0 Å². The normalized spacial score (nSPS) is 13.4. The molecule has 1 aromatic carbocycles. The maximum atomic E-state index is 10.1. The van der Waals surface area contributed by atoms with Crippen molar-refractivity contribution in [1.29, 1.82) is 0 Å². The molecule has 1 atom stereocenters. The van der Waals surface area contributed by atoms with Gasteiger partial charge in [0.25, 0.3) is 0 Å². The van der Waals surface area contributed by atoms with Crippen LogP contribution in [0.4, 0.5) is 0 Å². The summed E-state index contributed by atoms with van der Waals surface area (Å²) in [6.45, 7) is 10.3. The van der Waals surface area contributed by atoms with Gasteiger partial charge in [0.2, 0.25) is 0 Å². The molecule has 0 aliphatic rings. The van der Waals surface area contributed by atoms with Crippen LogP contribution in [0.1, 0.15) is 42.2 Å². The second-order valence-electron chi connectivity index (χ2n) is 4.50. The van der Waals surface area contributed by atoms with Crippen molar-refractivity contribution < 1.29 is 5.11 Å². The van der Waals surface area contributed by atoms with E-state index in [2.05, 4.69) is 32.9 Å². The number of rotatable bonds is 2. The molecule has 0 fully saturated rings. The number of benzene rings is 1. The molecule has 1 heteroatoms. The Morgan fingerprint density at radius 3 is 1.79 bits per heavy atom. The zero-order chi connectivity index (χ0) is 10.9. The summed E-state index contributed by atoms with van der Waals surface area (Å²) in [5.41, 5.74) is 4.76. The summed E-state index contributed by atoms with van der Waals surface area (Å²) in [6, 6.07) is 4.27. The number of hydrogen-bond acceptors (Lipinski definition) is 1. The predicted octanol–water partition coefficient (Wildman–Crippen LogP) is 3.30. The smallest absolute Gasteiger partial charge is 0.0818 e. The quantitative estimate of drug-likeness (QED) is 0.762. The summed E-state index contributed by atoms with van der Waals surface area (Å²) < 4.78 is 0. The molecule has 1 unspecified atom stereocenters. The minimum atomic E-state index is -0.337. The van der Waals surface area contributed by atoms with E-state index in [1.807, 2.05) is 13.8 Å². The van der Waals surface area contributed by atoms with Gasteiger partial charge in [-0.05, 0) is 43.4 Å². The number of hydrogen-bond donors (Lipinski definition) is 1. The van der Waals surface area contributed by atoms with Gasteiger partial charge in [-0.3, -0.25) is 0 Å². The standard InChI is InChI=1S/C13H20O/c1-8(2)13(14)12-10(4)6-9(3)7-11(12)5/h6-8,13-14H,1-5H3. The van der Waals surface area contributed by atoms with E-state index in [4.69, 9.17) is 0 Å². The SMILES string of the molecule is Cc1cc(C)c(C(O)C(C)C)c(C)c1. The topological polar surface area (TPSA) is 20.2 Å². The first-order valence-corrected chi connectivity index (χ1v) is 5.19. The summed E-state index contributed by atoms with van der Waals surface area (Å²) in [5.74, 6) is 0.273. The zero-order valence-corrected chi connectivity index (χ0v) is 9.76. The van der Waals surface area contributed by atoms with Crippen molar-refractivity contribution in [2.45, 2.75) is 40.7 Å². The second kappa shape index (κ2) is 4.14. The van der Waals surface area contributed by atoms with Gasteiger partial charge >= 0.3 is 0 Å². The molecule has 0 amide bonds. The first kappa shape index (κ1) is 11.3. The molecule has 0 heterocycles. The van der Waals surface area contributed by atoms with Gasteiger partial charge < -0.3 is 5.11 Å². The van der Waals surface area contributed by atoms with E-state index >= 15 is 0 Å². The first-order chi connectivity index (χ1) is 6.43. The molecule has 78 valence electrons. The third-order valence-electron chi connectivity index (χ3n) is 2.67. The molecule has 1 aromatic rings. The summed E-state index contributed by atoms with van der Waals surface area (Å²) in [6.07, 6.45) is -0.337. The molecule has 0 saturated carbocycles. The average Bonchev–Trinajstić information content (AvgIpc) is 2.01. The molecule has 0 saturated heterocycles. The van der Waals surface area contributed by atoms with Crippen LogP contribution in [0.25, 0.3) is 0 Å². The van der Waals surface area contributed by atoms with Crippen LogP contribution in [-0.2, 0) is 0 Å². The van der Waals surface area contributed by atoms with Crippen molar-refractivity contribution in [3.8, 4) is 0 Å². The lowest BCUT2D eigenvalue weighted by atomic mass is 9.90. The van der Waals surface area contributed by atoms with Crippen molar-refractivity contribution in [2.24, 2.45) is 5.92 Å². The summed E-state index contributed by atoms with van der Waals surface area (Å²) in [7, 11) is 0. The fraction of sp³-hybridized carbons (Fsp3) is 0.538. The minimum Gasteiger partial charge on any atom is -0.388 e. The van der Waals surface area contributed by atoms with E-state index < -0.39 is 0 Å². The van der Waals surface area contributed by atoms with Crippen LogP contribution in [0.2, 0.25) is 0 Å². The monoisotopic (exact) mass is 192 g/mol. The Morgan fingerprint density at radius 2 is 1.43 bits per heavy atom. The fourth-order valence-corrected chi connectivity index (χ4v) is 1.99. The van der Waals surface area contributed by atoms with Crippen LogP contribution >= 0.6 is 0 Å². The van der Waals surface area contributed by atoms with Crippen LogP contribution in [0.3, 0.4) is 0 Å². The van der Waals surface area contributed by atoms with Crippen LogP contribution in [0, 0.1) is 26.7 Å². The molecule has 14 heavy (non-hydrogen) atoms. The third kappa shape index (κ3) is 2.16. The Bertz CT molecular complexity index is 303. The Morgan fingerprint density at radius 1 is 1.00 bits per heavy atom. The Labute approximate surface area is 86.8 Å². The van der Waals surface area contributed by atoms with Crippen molar-refractivity contribution >= 4 is 0 Å². The van der Waals surface area contributed by atoms with Crippen molar-refractivity contribution in [3.63, 3.8) is 0 Å². The highest BCUT2D eigenvalue weighted by Gasteiger charge is 2.16. The van der Waals surface area contributed by atoms with Crippen LogP contribution in [0.5, 0.6) is 0 Å². The molecular formula is C13H20O. The van der Waals surface area contributed by atoms with Gasteiger partial charge in [0.15, 0.2) is 0 Å². The third-order valence-corrected chi connectivity index (χ3v) is 2.67. The predicted molar refractivity (Wildman–Crippen MR) is 60.5 cm³/mol. The zero-order valence-electron chi connectivity index (χ0n) is 9.76. The Kier molecular flexibility index (Phi) is 3.33. The summed E-state index contributed by atoms with van der Waals surface area (Å²) in [4.78, 5) is 0. The van der Waals surface area contributed by atoms with Crippen molar-refractivity contribution in [1.82, 2.24) is 0 Å². The minimum absolute atomic E-state index is 0.273. The van der Waals surface area contributed by atoms with Gasteiger partial charge in [0.05, 0.1) is 6.10 Å². The van der Waals surface area contributed by atoms with E-state index in [-0.39, 0.29) is 12.0 Å². The fourth-order valence-electron chi connectivity index (χ4n) is 1.99. The molecule has 0 aliphatic carbocycles. The van der Waals surface area contributed by atoms with Gasteiger partial charge in [0.1, 0.15) is 0 Å². The molecule has 1 nitrogen and oxygen atoms in total. The maximum Gasteiger partial charge on any atom is 0.0818 e. The number of aryl methyl sites for hydroxylation is 3. The largest absolute Gasteiger partial charge is 0.388 e. The number of aliphatic hydroxyl groups is 1. The van der Waals surface area contributed by atoms with E-state index in [1.165, 1.54) is 16.7 Å². The lowest BCUT2D eigenvalue weighted by Crippen LogP contribution is -2.09. The molecule has 0 aromatic heterocycles.